The third kappa shape index (κ3) is 1.34. The lowest BCUT2D eigenvalue weighted by molar-refractivity contribution is 0.0635. The summed E-state index contributed by atoms with van der Waals surface area (Å²) in [6.07, 6.45) is 1.84. The largest absolute Gasteiger partial charge is 0.320 e. The zero-order valence-electron chi connectivity index (χ0n) is 10.1. The first-order valence-corrected chi connectivity index (χ1v) is 6.88. The van der Waals surface area contributed by atoms with Crippen LogP contribution in [0.25, 0.3) is 10.9 Å². The smallest absolute Gasteiger partial charge is 0.272 e. The van der Waals surface area contributed by atoms with Crippen molar-refractivity contribution in [2.75, 3.05) is 13.3 Å². The third-order valence-electron chi connectivity index (χ3n) is 3.26. The number of nitrogens with zero attached hydrogens (tertiary/aromatic N) is 2. The van der Waals surface area contributed by atoms with Gasteiger partial charge in [0.25, 0.3) is 11.8 Å². The Morgan fingerprint density at radius 1 is 1.22 bits per heavy atom. The molecule has 2 aromatic rings. The minimum absolute atomic E-state index is 0.0548. The van der Waals surface area contributed by atoms with Crippen molar-refractivity contribution >= 4 is 34.5 Å². The lowest BCUT2D eigenvalue weighted by atomic mass is 10.2. The molecule has 0 spiro atoms. The maximum Gasteiger partial charge on any atom is 0.272 e. The Hall–Kier alpha value is -1.75. The van der Waals surface area contributed by atoms with E-state index in [-0.39, 0.29) is 11.8 Å². The maximum absolute atomic E-state index is 12.4. The van der Waals surface area contributed by atoms with Gasteiger partial charge in [0.05, 0.1) is 5.52 Å². The van der Waals surface area contributed by atoms with Crippen LogP contribution in [0, 0.1) is 0 Å². The molecule has 1 aliphatic rings. The van der Waals surface area contributed by atoms with Gasteiger partial charge in [0.2, 0.25) is 0 Å². The maximum atomic E-state index is 12.4. The summed E-state index contributed by atoms with van der Waals surface area (Å²) in [6.45, 7) is 0. The molecule has 18 heavy (non-hydrogen) atoms. The molecule has 92 valence electrons. The average molecular weight is 260 g/mol. The molecule has 5 heteroatoms. The lowest BCUT2D eigenvalue weighted by Gasteiger charge is -2.31. The Morgan fingerprint density at radius 2 is 1.94 bits per heavy atom. The Labute approximate surface area is 109 Å². The number of fused-ring (bicyclic) bond motifs is 3. The highest BCUT2D eigenvalue weighted by Gasteiger charge is 2.37. The number of benzene rings is 1. The molecule has 4 nitrogen and oxygen atoms in total. The van der Waals surface area contributed by atoms with Gasteiger partial charge in [-0.05, 0) is 18.4 Å². The van der Waals surface area contributed by atoms with Crippen molar-refractivity contribution in [1.82, 2.24) is 9.47 Å². The SMILES string of the molecule is CS[C@H]1C(=O)n2c(cc3ccccc32)C(=O)N1C. The van der Waals surface area contributed by atoms with Crippen molar-refractivity contribution in [3.63, 3.8) is 0 Å². The Kier molecular flexibility index (Phi) is 2.45. The fraction of sp³-hybridized carbons (Fsp3) is 0.231. The number of amides is 1. The van der Waals surface area contributed by atoms with Crippen molar-refractivity contribution in [3.8, 4) is 0 Å². The van der Waals surface area contributed by atoms with E-state index in [1.807, 2.05) is 30.5 Å². The Morgan fingerprint density at radius 3 is 2.67 bits per heavy atom. The van der Waals surface area contributed by atoms with Crippen LogP contribution in [0.4, 0.5) is 0 Å². The van der Waals surface area contributed by atoms with Gasteiger partial charge >= 0.3 is 0 Å². The molecule has 0 bridgehead atoms. The van der Waals surface area contributed by atoms with Crippen LogP contribution in [0.3, 0.4) is 0 Å². The van der Waals surface area contributed by atoms with E-state index in [1.165, 1.54) is 16.7 Å². The summed E-state index contributed by atoms with van der Waals surface area (Å²) in [5.41, 5.74) is 1.26. The summed E-state index contributed by atoms with van der Waals surface area (Å²) in [6, 6.07) is 9.34. The predicted molar refractivity (Wildman–Crippen MR) is 72.0 cm³/mol. The number of para-hydroxylation sites is 1. The van der Waals surface area contributed by atoms with Crippen molar-refractivity contribution in [2.45, 2.75) is 5.37 Å². The normalized spacial score (nSPS) is 19.4. The summed E-state index contributed by atoms with van der Waals surface area (Å²) in [7, 11) is 1.67. The highest BCUT2D eigenvalue weighted by molar-refractivity contribution is 7.99. The van der Waals surface area contributed by atoms with E-state index in [2.05, 4.69) is 0 Å². The van der Waals surface area contributed by atoms with Gasteiger partial charge in [-0.15, -0.1) is 11.8 Å². The zero-order valence-corrected chi connectivity index (χ0v) is 10.9. The second-order valence-corrected chi connectivity index (χ2v) is 5.18. The van der Waals surface area contributed by atoms with Crippen LogP contribution >= 0.6 is 11.8 Å². The van der Waals surface area contributed by atoms with Gasteiger partial charge in [0, 0.05) is 12.4 Å². The molecule has 1 amide bonds. The number of hydrogen-bond acceptors (Lipinski definition) is 3. The number of aromatic nitrogens is 1. The van der Waals surface area contributed by atoms with Crippen molar-refractivity contribution < 1.29 is 9.59 Å². The molecule has 0 fully saturated rings. The van der Waals surface area contributed by atoms with E-state index >= 15 is 0 Å². The van der Waals surface area contributed by atoms with Gasteiger partial charge in [-0.25, -0.2) is 0 Å². The quantitative estimate of drug-likeness (QED) is 0.788. The number of rotatable bonds is 1. The first-order valence-electron chi connectivity index (χ1n) is 5.60. The standard InChI is InChI=1S/C13H12N2O2S/c1-14-11(16)10-7-8-5-3-4-6-9(8)15(10)12(17)13(14)18-2/h3-7,13H,1-2H3/t13-/m0/s1. The fourth-order valence-corrected chi connectivity index (χ4v) is 3.09. The molecule has 2 heterocycles. The Balaban J connectivity index is 2.32. The summed E-state index contributed by atoms with van der Waals surface area (Å²) in [5, 5.41) is 0.477. The van der Waals surface area contributed by atoms with E-state index in [4.69, 9.17) is 0 Å². The summed E-state index contributed by atoms with van der Waals surface area (Å²) >= 11 is 1.38. The van der Waals surface area contributed by atoms with E-state index in [1.54, 1.807) is 17.7 Å². The summed E-state index contributed by atoms with van der Waals surface area (Å²) in [4.78, 5) is 26.2. The fourth-order valence-electron chi connectivity index (χ4n) is 2.37. The number of carbonyl (C=O) groups is 2. The molecule has 0 radical (unpaired) electrons. The number of likely N-dealkylation sites (N-methyl/N-ethyl adjacent to an activating group) is 1. The first-order chi connectivity index (χ1) is 8.65. The van der Waals surface area contributed by atoms with E-state index in [0.29, 0.717) is 5.69 Å². The topological polar surface area (TPSA) is 42.3 Å². The predicted octanol–water partition coefficient (Wildman–Crippen LogP) is 2.06. The van der Waals surface area contributed by atoms with Crippen molar-refractivity contribution in [1.29, 1.82) is 0 Å². The van der Waals surface area contributed by atoms with Crippen LogP contribution in [0.1, 0.15) is 15.3 Å². The molecule has 1 aliphatic heterocycles. The summed E-state index contributed by atoms with van der Waals surface area (Å²) in [5.74, 6) is -0.161. The number of carbonyl (C=O) groups excluding carboxylic acids is 2. The molecule has 3 rings (SSSR count). The number of thioether (sulfide) groups is 1. The van der Waals surface area contributed by atoms with Crippen LogP contribution in [0.5, 0.6) is 0 Å². The monoisotopic (exact) mass is 260 g/mol. The molecule has 0 N–H and O–H groups in total. The van der Waals surface area contributed by atoms with Crippen LogP contribution in [0.15, 0.2) is 30.3 Å². The molecular weight excluding hydrogens is 248 g/mol. The van der Waals surface area contributed by atoms with Crippen LogP contribution in [-0.4, -0.2) is 40.0 Å². The van der Waals surface area contributed by atoms with Gasteiger partial charge in [-0.3, -0.25) is 14.2 Å². The van der Waals surface area contributed by atoms with Gasteiger partial charge in [0.1, 0.15) is 5.69 Å². The van der Waals surface area contributed by atoms with E-state index < -0.39 is 5.37 Å². The van der Waals surface area contributed by atoms with Gasteiger partial charge in [0.15, 0.2) is 5.37 Å². The highest BCUT2D eigenvalue weighted by Crippen LogP contribution is 2.28. The summed E-state index contributed by atoms with van der Waals surface area (Å²) < 4.78 is 1.54. The lowest BCUT2D eigenvalue weighted by Crippen LogP contribution is -2.48. The third-order valence-corrected chi connectivity index (χ3v) is 4.22. The average Bonchev–Trinajstić information content (AvgIpc) is 2.76. The van der Waals surface area contributed by atoms with Crippen LogP contribution in [-0.2, 0) is 0 Å². The molecule has 0 saturated carbocycles. The minimum Gasteiger partial charge on any atom is -0.320 e. The van der Waals surface area contributed by atoms with Gasteiger partial charge in [-0.2, -0.15) is 0 Å². The first kappa shape index (κ1) is 11.3. The van der Waals surface area contributed by atoms with Crippen LogP contribution < -0.4 is 0 Å². The van der Waals surface area contributed by atoms with Crippen molar-refractivity contribution in [3.05, 3.63) is 36.0 Å². The van der Waals surface area contributed by atoms with Crippen molar-refractivity contribution in [2.24, 2.45) is 0 Å². The number of hydrogen-bond donors (Lipinski definition) is 0. The molecule has 0 unspecified atom stereocenters. The second kappa shape index (κ2) is 3.88. The Bertz CT molecular complexity index is 662. The molecule has 0 aliphatic carbocycles. The van der Waals surface area contributed by atoms with E-state index in [0.717, 1.165) is 10.9 Å². The molecule has 1 aromatic carbocycles. The van der Waals surface area contributed by atoms with Gasteiger partial charge < -0.3 is 4.90 Å². The highest BCUT2D eigenvalue weighted by atomic mass is 32.2. The zero-order chi connectivity index (χ0) is 12.9. The van der Waals surface area contributed by atoms with E-state index in [9.17, 15) is 9.59 Å². The van der Waals surface area contributed by atoms with Crippen LogP contribution in [0.2, 0.25) is 0 Å². The molecule has 1 atom stereocenters. The molecular formula is C13H12N2O2S. The minimum atomic E-state index is -0.444. The molecule has 1 aromatic heterocycles. The second-order valence-electron chi connectivity index (χ2n) is 4.27. The van der Waals surface area contributed by atoms with Gasteiger partial charge in [-0.1, -0.05) is 18.2 Å². The molecule has 0 saturated heterocycles.